The number of fused-ring (bicyclic) bond motifs is 1. The number of rotatable bonds is 10. The standard InChI is InChI=1S/C40H48O4/c1-28-10-8-9-13-36(28)38-22-16-31-24-33(44-40(2,3)4)21-23-37(31)39(38)30-14-17-32(18-15-30)42-27-35-20-19-34(43-35)26-41-25-29-11-6-5-7-12-29/h5-15,17-18,21,23-24,28,34-36,38-39H,16,19-20,22,25-27H2,1-4H3/t28?,34-,35+,36?,38+,39+/m0/s1. The van der Waals surface area contributed by atoms with Crippen LogP contribution in [-0.2, 0) is 22.5 Å². The monoisotopic (exact) mass is 592 g/mol. The minimum absolute atomic E-state index is 0.103. The second kappa shape index (κ2) is 13.7. The van der Waals surface area contributed by atoms with Crippen LogP contribution in [0.1, 0.15) is 75.1 Å². The van der Waals surface area contributed by atoms with E-state index in [0.29, 0.717) is 43.5 Å². The summed E-state index contributed by atoms with van der Waals surface area (Å²) in [4.78, 5) is 0. The molecular formula is C40H48O4. The lowest BCUT2D eigenvalue weighted by Crippen LogP contribution is -2.31. The fourth-order valence-electron chi connectivity index (χ4n) is 7.22. The molecule has 6 rings (SSSR count). The van der Waals surface area contributed by atoms with Gasteiger partial charge in [0.2, 0.25) is 0 Å². The van der Waals surface area contributed by atoms with E-state index in [1.807, 2.05) is 18.2 Å². The maximum absolute atomic E-state index is 6.24. The molecule has 4 nitrogen and oxygen atoms in total. The maximum atomic E-state index is 6.24. The molecule has 0 aromatic heterocycles. The molecule has 0 bridgehead atoms. The van der Waals surface area contributed by atoms with Crippen molar-refractivity contribution in [2.75, 3.05) is 13.2 Å². The van der Waals surface area contributed by atoms with Gasteiger partial charge in [-0.05, 0) is 111 Å². The minimum Gasteiger partial charge on any atom is -0.491 e. The first kappa shape index (κ1) is 30.7. The Hall–Kier alpha value is -3.34. The number of aryl methyl sites for hydroxylation is 1. The van der Waals surface area contributed by atoms with E-state index in [1.165, 1.54) is 22.3 Å². The third kappa shape index (κ3) is 7.65. The molecule has 0 spiro atoms. The Kier molecular flexibility index (Phi) is 9.59. The first-order chi connectivity index (χ1) is 21.3. The first-order valence-electron chi connectivity index (χ1n) is 16.5. The van der Waals surface area contributed by atoms with Gasteiger partial charge in [0.1, 0.15) is 23.7 Å². The fraction of sp³-hybridized carbons (Fsp3) is 0.450. The predicted molar refractivity (Wildman–Crippen MR) is 177 cm³/mol. The summed E-state index contributed by atoms with van der Waals surface area (Å²) < 4.78 is 24.6. The van der Waals surface area contributed by atoms with E-state index in [1.54, 1.807) is 0 Å². The number of hydrogen-bond acceptors (Lipinski definition) is 4. The summed E-state index contributed by atoms with van der Waals surface area (Å²) in [5.41, 5.74) is 5.19. The molecule has 2 aliphatic carbocycles. The maximum Gasteiger partial charge on any atom is 0.120 e. The van der Waals surface area contributed by atoms with E-state index in [-0.39, 0.29) is 17.8 Å². The number of benzene rings is 3. The molecular weight excluding hydrogens is 544 g/mol. The Balaban J connectivity index is 1.10. The summed E-state index contributed by atoms with van der Waals surface area (Å²) in [6.07, 6.45) is 13.7. The van der Waals surface area contributed by atoms with Crippen LogP contribution in [0.15, 0.2) is 97.1 Å². The van der Waals surface area contributed by atoms with E-state index < -0.39 is 0 Å². The second-order valence-electron chi connectivity index (χ2n) is 13.8. The second-order valence-corrected chi connectivity index (χ2v) is 13.8. The summed E-state index contributed by atoms with van der Waals surface area (Å²) in [5.74, 6) is 3.77. The molecule has 232 valence electrons. The predicted octanol–water partition coefficient (Wildman–Crippen LogP) is 9.08. The summed E-state index contributed by atoms with van der Waals surface area (Å²) in [6, 6.07) is 25.9. The van der Waals surface area contributed by atoms with Gasteiger partial charge in [-0.2, -0.15) is 0 Å². The average Bonchev–Trinajstić information content (AvgIpc) is 3.47. The fourth-order valence-corrected chi connectivity index (χ4v) is 7.22. The highest BCUT2D eigenvalue weighted by Gasteiger charge is 2.37. The van der Waals surface area contributed by atoms with Crippen LogP contribution in [0.4, 0.5) is 0 Å². The Labute approximate surface area is 264 Å². The highest BCUT2D eigenvalue weighted by atomic mass is 16.6. The van der Waals surface area contributed by atoms with E-state index in [9.17, 15) is 0 Å². The molecule has 0 radical (unpaired) electrons. The van der Waals surface area contributed by atoms with Gasteiger partial charge in [-0.1, -0.05) is 79.8 Å². The lowest BCUT2D eigenvalue weighted by atomic mass is 9.64. The average molecular weight is 593 g/mol. The van der Waals surface area contributed by atoms with Gasteiger partial charge in [0.05, 0.1) is 25.4 Å². The third-order valence-electron chi connectivity index (χ3n) is 9.30. The van der Waals surface area contributed by atoms with E-state index in [2.05, 4.69) is 107 Å². The molecule has 0 amide bonds. The summed E-state index contributed by atoms with van der Waals surface area (Å²) >= 11 is 0. The van der Waals surface area contributed by atoms with E-state index >= 15 is 0 Å². The van der Waals surface area contributed by atoms with Gasteiger partial charge in [-0.15, -0.1) is 0 Å². The van der Waals surface area contributed by atoms with Gasteiger partial charge in [0.25, 0.3) is 0 Å². The molecule has 1 saturated heterocycles. The molecule has 0 saturated carbocycles. The van der Waals surface area contributed by atoms with Crippen molar-refractivity contribution in [2.45, 2.75) is 83.7 Å². The van der Waals surface area contributed by atoms with Gasteiger partial charge in [0, 0.05) is 5.92 Å². The van der Waals surface area contributed by atoms with Crippen molar-refractivity contribution >= 4 is 0 Å². The van der Waals surface area contributed by atoms with Crippen LogP contribution >= 0.6 is 0 Å². The van der Waals surface area contributed by atoms with Gasteiger partial charge >= 0.3 is 0 Å². The van der Waals surface area contributed by atoms with Crippen molar-refractivity contribution in [3.05, 3.63) is 119 Å². The molecule has 1 heterocycles. The van der Waals surface area contributed by atoms with Crippen molar-refractivity contribution in [3.63, 3.8) is 0 Å². The van der Waals surface area contributed by atoms with Crippen molar-refractivity contribution < 1.29 is 18.9 Å². The zero-order valence-corrected chi connectivity index (χ0v) is 26.8. The first-order valence-corrected chi connectivity index (χ1v) is 16.5. The molecule has 2 unspecified atom stereocenters. The molecule has 1 fully saturated rings. The molecule has 4 heteroatoms. The van der Waals surface area contributed by atoms with Gasteiger partial charge in [-0.25, -0.2) is 0 Å². The highest BCUT2D eigenvalue weighted by Crippen LogP contribution is 2.48. The summed E-state index contributed by atoms with van der Waals surface area (Å²) in [5, 5.41) is 0. The van der Waals surface area contributed by atoms with Crippen molar-refractivity contribution in [1.29, 1.82) is 0 Å². The zero-order valence-electron chi connectivity index (χ0n) is 26.8. The largest absolute Gasteiger partial charge is 0.491 e. The molecule has 1 aliphatic heterocycles. The van der Waals surface area contributed by atoms with Gasteiger partial charge in [0.15, 0.2) is 0 Å². The van der Waals surface area contributed by atoms with Crippen LogP contribution in [0.2, 0.25) is 0 Å². The smallest absolute Gasteiger partial charge is 0.120 e. The topological polar surface area (TPSA) is 36.9 Å². The molecule has 44 heavy (non-hydrogen) atoms. The molecule has 3 aromatic rings. The number of ether oxygens (including phenoxy) is 4. The molecule has 6 atom stereocenters. The SMILES string of the molecule is CC1C=CC=CC1[C@H]1CCc2cc(OC(C)(C)C)ccc2[C@H]1c1ccc(OC[C@H]2CC[C@@H](COCc3ccccc3)O2)cc1. The normalized spacial score (nSPS) is 26.4. The van der Waals surface area contributed by atoms with Crippen LogP contribution in [0.5, 0.6) is 11.5 Å². The van der Waals surface area contributed by atoms with Crippen LogP contribution in [0, 0.1) is 17.8 Å². The minimum atomic E-state index is -0.212. The Bertz CT molecular complexity index is 1420. The summed E-state index contributed by atoms with van der Waals surface area (Å²) in [7, 11) is 0. The van der Waals surface area contributed by atoms with E-state index in [0.717, 1.165) is 37.2 Å². The quantitative estimate of drug-likeness (QED) is 0.235. The van der Waals surface area contributed by atoms with Crippen LogP contribution in [0.3, 0.4) is 0 Å². The van der Waals surface area contributed by atoms with Gasteiger partial charge in [-0.3, -0.25) is 0 Å². The van der Waals surface area contributed by atoms with Crippen LogP contribution in [-0.4, -0.2) is 31.0 Å². The number of hydrogen-bond donors (Lipinski definition) is 0. The van der Waals surface area contributed by atoms with Crippen LogP contribution < -0.4 is 9.47 Å². The summed E-state index contributed by atoms with van der Waals surface area (Å²) in [6.45, 7) is 10.5. The molecule has 3 aromatic carbocycles. The third-order valence-corrected chi connectivity index (χ3v) is 9.30. The molecule has 0 N–H and O–H groups in total. The molecule has 3 aliphatic rings. The van der Waals surface area contributed by atoms with Crippen molar-refractivity contribution in [2.24, 2.45) is 17.8 Å². The highest BCUT2D eigenvalue weighted by molar-refractivity contribution is 5.46. The van der Waals surface area contributed by atoms with Gasteiger partial charge < -0.3 is 18.9 Å². The Morgan fingerprint density at radius 2 is 1.52 bits per heavy atom. The lowest BCUT2D eigenvalue weighted by Gasteiger charge is -2.40. The van der Waals surface area contributed by atoms with Crippen LogP contribution in [0.25, 0.3) is 0 Å². The number of allylic oxidation sites excluding steroid dienone is 4. The van der Waals surface area contributed by atoms with Crippen molar-refractivity contribution in [1.82, 2.24) is 0 Å². The van der Waals surface area contributed by atoms with E-state index in [4.69, 9.17) is 18.9 Å². The van der Waals surface area contributed by atoms with Crippen molar-refractivity contribution in [3.8, 4) is 11.5 Å². The zero-order chi connectivity index (χ0) is 30.5. The Morgan fingerprint density at radius 1 is 0.795 bits per heavy atom. The lowest BCUT2D eigenvalue weighted by molar-refractivity contribution is -0.0318. The Morgan fingerprint density at radius 3 is 2.27 bits per heavy atom.